The molecule has 0 spiro atoms. The van der Waals surface area contributed by atoms with E-state index in [-0.39, 0.29) is 18.0 Å². The van der Waals surface area contributed by atoms with Crippen LogP contribution >= 0.6 is 11.3 Å². The van der Waals surface area contributed by atoms with Gasteiger partial charge in [0.05, 0.1) is 11.7 Å². The Morgan fingerprint density at radius 3 is 2.76 bits per heavy atom. The summed E-state index contributed by atoms with van der Waals surface area (Å²) < 4.78 is 1.49. The number of carbonyl (C=O) groups is 1. The molecule has 0 aliphatic heterocycles. The molecular weight excluding hydrogens is 334 g/mol. The summed E-state index contributed by atoms with van der Waals surface area (Å²) in [5.74, 6) is 0.672. The van der Waals surface area contributed by atoms with E-state index in [9.17, 15) is 9.59 Å². The Morgan fingerprint density at radius 2 is 2.08 bits per heavy atom. The maximum atomic E-state index is 13.0. The Bertz CT molecular complexity index is 818. The fourth-order valence-electron chi connectivity index (χ4n) is 3.63. The van der Waals surface area contributed by atoms with E-state index in [2.05, 4.69) is 25.8 Å². The maximum absolute atomic E-state index is 13.0. The van der Waals surface area contributed by atoms with Gasteiger partial charge in [-0.25, -0.2) is 4.98 Å². The van der Waals surface area contributed by atoms with Gasteiger partial charge >= 0.3 is 0 Å². The number of hydrogen-bond acceptors (Lipinski definition) is 4. The lowest BCUT2D eigenvalue weighted by molar-refractivity contribution is -0.132. The van der Waals surface area contributed by atoms with Crippen LogP contribution in [0.25, 0.3) is 10.2 Å². The molecule has 1 atom stereocenters. The highest BCUT2D eigenvalue weighted by molar-refractivity contribution is 7.18. The minimum atomic E-state index is -0.0571. The van der Waals surface area contributed by atoms with E-state index in [4.69, 9.17) is 0 Å². The van der Waals surface area contributed by atoms with Crippen molar-refractivity contribution in [3.63, 3.8) is 0 Å². The Hall–Kier alpha value is -1.69. The third kappa shape index (κ3) is 3.64. The lowest BCUT2D eigenvalue weighted by Gasteiger charge is -2.21. The summed E-state index contributed by atoms with van der Waals surface area (Å²) in [6.45, 7) is 7.95. The van der Waals surface area contributed by atoms with E-state index in [0.717, 1.165) is 55.4 Å². The number of aromatic nitrogens is 2. The summed E-state index contributed by atoms with van der Waals surface area (Å²) in [5.41, 5.74) is 1.12. The number of fused-ring (bicyclic) bond motifs is 3. The quantitative estimate of drug-likeness (QED) is 0.794. The van der Waals surface area contributed by atoms with E-state index >= 15 is 0 Å². The fraction of sp³-hybridized carbons (Fsp3) is 0.632. The van der Waals surface area contributed by atoms with E-state index < -0.39 is 0 Å². The van der Waals surface area contributed by atoms with Gasteiger partial charge in [-0.15, -0.1) is 11.3 Å². The van der Waals surface area contributed by atoms with Gasteiger partial charge in [-0.3, -0.25) is 14.2 Å². The number of amides is 1. The van der Waals surface area contributed by atoms with Gasteiger partial charge in [0, 0.05) is 18.0 Å². The van der Waals surface area contributed by atoms with Gasteiger partial charge < -0.3 is 4.90 Å². The van der Waals surface area contributed by atoms with E-state index in [1.807, 2.05) is 4.90 Å². The molecular formula is C19H27N3O2S. The molecule has 2 aromatic heterocycles. The van der Waals surface area contributed by atoms with Gasteiger partial charge in [0.25, 0.3) is 5.56 Å². The van der Waals surface area contributed by atoms with Crippen molar-refractivity contribution in [1.29, 1.82) is 0 Å². The van der Waals surface area contributed by atoms with Crippen molar-refractivity contribution in [3.8, 4) is 0 Å². The van der Waals surface area contributed by atoms with Crippen LogP contribution in [0.2, 0.25) is 0 Å². The molecule has 0 radical (unpaired) electrons. The van der Waals surface area contributed by atoms with Crippen LogP contribution in [0.1, 0.15) is 50.5 Å². The third-order valence-corrected chi connectivity index (χ3v) is 6.09. The molecule has 1 aliphatic rings. The molecule has 0 N–H and O–H groups in total. The Morgan fingerprint density at radius 1 is 1.36 bits per heavy atom. The first kappa shape index (κ1) is 18.1. The largest absolute Gasteiger partial charge is 0.341 e. The number of hydrogen-bond donors (Lipinski definition) is 0. The van der Waals surface area contributed by atoms with Crippen molar-refractivity contribution in [2.45, 2.75) is 59.4 Å². The van der Waals surface area contributed by atoms with Gasteiger partial charge in [0.2, 0.25) is 5.91 Å². The maximum Gasteiger partial charge on any atom is 0.262 e. The molecule has 0 aromatic carbocycles. The molecule has 5 nitrogen and oxygen atoms in total. The first-order valence-electron chi connectivity index (χ1n) is 9.32. The zero-order valence-corrected chi connectivity index (χ0v) is 16.2. The number of rotatable bonds is 6. The highest BCUT2D eigenvalue weighted by Gasteiger charge is 2.23. The molecule has 136 valence electrons. The molecule has 0 fully saturated rings. The molecule has 1 amide bonds. The normalized spacial score (nSPS) is 16.8. The lowest BCUT2D eigenvalue weighted by atomic mass is 9.89. The zero-order valence-electron chi connectivity index (χ0n) is 15.4. The van der Waals surface area contributed by atoms with Crippen molar-refractivity contribution in [1.82, 2.24) is 14.5 Å². The smallest absolute Gasteiger partial charge is 0.262 e. The second kappa shape index (κ2) is 7.68. The molecule has 25 heavy (non-hydrogen) atoms. The van der Waals surface area contributed by atoms with Crippen LogP contribution in [-0.4, -0.2) is 33.4 Å². The van der Waals surface area contributed by atoms with Crippen molar-refractivity contribution >= 4 is 27.5 Å². The van der Waals surface area contributed by atoms with Crippen molar-refractivity contribution < 1.29 is 4.79 Å². The van der Waals surface area contributed by atoms with Crippen molar-refractivity contribution in [2.75, 3.05) is 13.1 Å². The molecule has 0 unspecified atom stereocenters. The highest BCUT2D eigenvalue weighted by atomic mass is 32.1. The Labute approximate surface area is 152 Å². The lowest BCUT2D eigenvalue weighted by Crippen LogP contribution is -2.37. The molecule has 3 rings (SSSR count). The first-order valence-corrected chi connectivity index (χ1v) is 10.1. The van der Waals surface area contributed by atoms with Crippen LogP contribution in [0, 0.1) is 5.92 Å². The summed E-state index contributed by atoms with van der Waals surface area (Å²) in [5, 5.41) is 0.750. The van der Waals surface area contributed by atoms with Crippen LogP contribution in [0.4, 0.5) is 0 Å². The van der Waals surface area contributed by atoms with Gasteiger partial charge in [-0.05, 0) is 43.6 Å². The van der Waals surface area contributed by atoms with E-state index in [1.54, 1.807) is 17.7 Å². The average Bonchev–Trinajstić information content (AvgIpc) is 2.95. The van der Waals surface area contributed by atoms with Crippen LogP contribution < -0.4 is 5.56 Å². The number of aryl methyl sites for hydroxylation is 1. The monoisotopic (exact) mass is 361 g/mol. The zero-order chi connectivity index (χ0) is 18.0. The second-order valence-electron chi connectivity index (χ2n) is 7.09. The average molecular weight is 362 g/mol. The fourth-order valence-corrected chi connectivity index (χ4v) is 4.97. The minimum Gasteiger partial charge on any atom is -0.341 e. The highest BCUT2D eigenvalue weighted by Crippen LogP contribution is 2.35. The summed E-state index contributed by atoms with van der Waals surface area (Å²) in [7, 11) is 0. The molecule has 2 aromatic rings. The molecule has 2 heterocycles. The van der Waals surface area contributed by atoms with Crippen LogP contribution in [-0.2, 0) is 24.2 Å². The number of carbonyl (C=O) groups excluding carboxylic acids is 1. The minimum absolute atomic E-state index is 0.00432. The van der Waals surface area contributed by atoms with E-state index in [1.165, 1.54) is 15.0 Å². The number of nitrogens with zero attached hydrogens (tertiary/aromatic N) is 3. The second-order valence-corrected chi connectivity index (χ2v) is 8.17. The standard InChI is InChI=1S/C19H27N3O2S/c1-4-8-21(9-5-2)16(23)11-22-12-20-18-17(19(22)24)14-7-6-13(3)10-15(14)25-18/h12-13H,4-11H2,1-3H3/t13-/m0/s1. The summed E-state index contributed by atoms with van der Waals surface area (Å²) in [4.78, 5) is 34.0. The predicted molar refractivity (Wildman–Crippen MR) is 102 cm³/mol. The SMILES string of the molecule is CCCN(CCC)C(=O)Cn1cnc2sc3c(c2c1=O)CC[C@H](C)C3. The summed E-state index contributed by atoms with van der Waals surface area (Å²) in [6.07, 6.45) is 6.50. The molecule has 0 bridgehead atoms. The van der Waals surface area contributed by atoms with Crippen LogP contribution in [0.5, 0.6) is 0 Å². The Balaban J connectivity index is 1.91. The molecule has 0 saturated carbocycles. The van der Waals surface area contributed by atoms with Crippen molar-refractivity contribution in [2.24, 2.45) is 5.92 Å². The van der Waals surface area contributed by atoms with E-state index in [0.29, 0.717) is 5.92 Å². The van der Waals surface area contributed by atoms with Gasteiger partial charge in [0.1, 0.15) is 11.4 Å². The molecule has 0 saturated heterocycles. The van der Waals surface area contributed by atoms with Gasteiger partial charge in [-0.1, -0.05) is 20.8 Å². The summed E-state index contributed by atoms with van der Waals surface area (Å²) >= 11 is 1.65. The van der Waals surface area contributed by atoms with Crippen molar-refractivity contribution in [3.05, 3.63) is 27.1 Å². The van der Waals surface area contributed by atoms with Gasteiger partial charge in [-0.2, -0.15) is 0 Å². The molecule has 1 aliphatic carbocycles. The van der Waals surface area contributed by atoms with Crippen LogP contribution in [0.3, 0.4) is 0 Å². The van der Waals surface area contributed by atoms with Crippen LogP contribution in [0.15, 0.2) is 11.1 Å². The topological polar surface area (TPSA) is 55.2 Å². The summed E-state index contributed by atoms with van der Waals surface area (Å²) in [6, 6.07) is 0. The predicted octanol–water partition coefficient (Wildman–Crippen LogP) is 3.23. The third-order valence-electron chi connectivity index (χ3n) is 4.93. The van der Waals surface area contributed by atoms with Gasteiger partial charge in [0.15, 0.2) is 0 Å². The first-order chi connectivity index (χ1) is 12.0. The Kier molecular flexibility index (Phi) is 5.57. The number of thiophene rings is 1. The molecule has 6 heteroatoms.